The molecule has 92 valence electrons. The van der Waals surface area contributed by atoms with Gasteiger partial charge in [0.2, 0.25) is 0 Å². The lowest BCUT2D eigenvalue weighted by Gasteiger charge is -2.33. The van der Waals surface area contributed by atoms with Gasteiger partial charge < -0.3 is 4.43 Å². The molecule has 0 aromatic heterocycles. The first kappa shape index (κ1) is 17.8. The lowest BCUT2D eigenvalue weighted by molar-refractivity contribution is 0.309. The standard InChI is InChI=1S/C4H3Cl9OSi/c5-2(6)4(9,10)3(7,8)1-14-15(11,12)13/h2H,1H2. The van der Waals surface area contributed by atoms with Crippen molar-refractivity contribution in [1.29, 1.82) is 0 Å². The largest absolute Gasteiger partial charge is 0.494 e. The molecule has 0 saturated carbocycles. The van der Waals surface area contributed by atoms with E-state index in [1.54, 1.807) is 0 Å². The predicted octanol–water partition coefficient (Wildman–Crippen LogP) is 5.31. The van der Waals surface area contributed by atoms with Crippen molar-refractivity contribution in [2.75, 3.05) is 6.61 Å². The van der Waals surface area contributed by atoms with Crippen molar-refractivity contribution in [1.82, 2.24) is 0 Å². The molecule has 15 heavy (non-hydrogen) atoms. The van der Waals surface area contributed by atoms with E-state index in [4.69, 9.17) is 107 Å². The van der Waals surface area contributed by atoms with Crippen LogP contribution in [0.1, 0.15) is 0 Å². The Kier molecular flexibility index (Phi) is 7.46. The molecule has 0 aromatic carbocycles. The van der Waals surface area contributed by atoms with Crippen LogP contribution in [0, 0.1) is 0 Å². The number of hydrogen-bond acceptors (Lipinski definition) is 1. The van der Waals surface area contributed by atoms with Gasteiger partial charge in [0, 0.05) is 0 Å². The molecule has 0 aliphatic rings. The van der Waals surface area contributed by atoms with Gasteiger partial charge in [0.15, 0.2) is 8.67 Å². The molecule has 0 aliphatic heterocycles. The molecule has 0 radical (unpaired) electrons. The van der Waals surface area contributed by atoms with Gasteiger partial charge in [0.1, 0.15) is 4.84 Å². The van der Waals surface area contributed by atoms with Gasteiger partial charge in [-0.3, -0.25) is 0 Å². The molecule has 0 rings (SSSR count). The molecular weight excluding hydrogens is 411 g/mol. The van der Waals surface area contributed by atoms with E-state index in [0.29, 0.717) is 0 Å². The average molecular weight is 414 g/mol. The first-order chi connectivity index (χ1) is 6.40. The molecule has 0 fully saturated rings. The molecule has 0 bridgehead atoms. The Hall–Kier alpha value is 2.79. The molecule has 0 N–H and O–H groups in total. The zero-order valence-corrected chi connectivity index (χ0v) is 14.4. The van der Waals surface area contributed by atoms with Crippen LogP contribution in [0.2, 0.25) is 0 Å². The first-order valence-electron chi connectivity index (χ1n) is 3.14. The molecule has 11 heteroatoms. The van der Waals surface area contributed by atoms with Crippen LogP contribution in [-0.4, -0.2) is 26.4 Å². The predicted molar refractivity (Wildman–Crippen MR) is 73.6 cm³/mol. The zero-order valence-electron chi connectivity index (χ0n) is 6.59. The van der Waals surface area contributed by atoms with Gasteiger partial charge in [0.25, 0.3) is 0 Å². The first-order valence-corrected chi connectivity index (χ1v) is 10.5. The Bertz CT molecular complexity index is 211. The van der Waals surface area contributed by atoms with Gasteiger partial charge in [0.05, 0.1) is 6.61 Å². The van der Waals surface area contributed by atoms with E-state index in [2.05, 4.69) is 0 Å². The van der Waals surface area contributed by atoms with E-state index in [0.717, 1.165) is 0 Å². The molecule has 0 amide bonds. The second-order valence-corrected chi connectivity index (χ2v) is 14.0. The second-order valence-electron chi connectivity index (χ2n) is 2.36. The monoisotopic (exact) mass is 410 g/mol. The molecule has 0 heterocycles. The second kappa shape index (κ2) is 6.29. The third-order valence-corrected chi connectivity index (χ3v) is 6.02. The number of hydrogen-bond donors (Lipinski definition) is 0. The highest BCUT2D eigenvalue weighted by Crippen LogP contribution is 2.48. The van der Waals surface area contributed by atoms with Crippen LogP contribution in [0.15, 0.2) is 0 Å². The maximum atomic E-state index is 5.78. The van der Waals surface area contributed by atoms with Gasteiger partial charge in [-0.2, -0.15) is 0 Å². The summed E-state index contributed by atoms with van der Waals surface area (Å²) >= 11 is 50.4. The van der Waals surface area contributed by atoms with Gasteiger partial charge in [-0.25, -0.2) is 0 Å². The number of rotatable bonds is 5. The van der Waals surface area contributed by atoms with Crippen LogP contribution in [0.4, 0.5) is 0 Å². The molecule has 0 aromatic rings. The Labute approximate surface area is 132 Å². The lowest BCUT2D eigenvalue weighted by Crippen LogP contribution is -2.46. The van der Waals surface area contributed by atoms with Crippen LogP contribution in [0.5, 0.6) is 0 Å². The van der Waals surface area contributed by atoms with E-state index < -0.39 is 26.4 Å². The van der Waals surface area contributed by atoms with Crippen molar-refractivity contribution in [2.45, 2.75) is 13.5 Å². The molecule has 0 saturated heterocycles. The summed E-state index contributed by atoms with van der Waals surface area (Å²) in [4.78, 5) is -1.24. The maximum Gasteiger partial charge on any atom is 0.494 e. The summed E-state index contributed by atoms with van der Waals surface area (Å²) in [5, 5.41) is 0. The number of alkyl halides is 6. The van der Waals surface area contributed by atoms with Gasteiger partial charge in [-0.15, -0.1) is 23.2 Å². The van der Waals surface area contributed by atoms with Gasteiger partial charge in [-0.05, 0) is 0 Å². The molecule has 0 unspecified atom stereocenters. The summed E-state index contributed by atoms with van der Waals surface area (Å²) in [6.45, 7) is -0.415. The average Bonchev–Trinajstić information content (AvgIpc) is 1.99. The highest BCUT2D eigenvalue weighted by molar-refractivity contribution is 7.62. The Morgan fingerprint density at radius 1 is 1.00 bits per heavy atom. The van der Waals surface area contributed by atoms with E-state index >= 15 is 0 Å². The molecule has 0 aliphatic carbocycles. The van der Waals surface area contributed by atoms with Gasteiger partial charge in [-0.1, -0.05) is 79.6 Å². The normalized spacial score (nSPS) is 14.8. The van der Waals surface area contributed by atoms with Crippen LogP contribution in [-0.2, 0) is 4.43 Å². The van der Waals surface area contributed by atoms with Crippen LogP contribution >= 0.6 is 103 Å². The Morgan fingerprint density at radius 2 is 1.40 bits per heavy atom. The van der Waals surface area contributed by atoms with Crippen molar-refractivity contribution in [2.24, 2.45) is 0 Å². The quantitative estimate of drug-likeness (QED) is 0.337. The van der Waals surface area contributed by atoms with Crippen LogP contribution < -0.4 is 0 Å². The number of halogens is 9. The zero-order chi connectivity index (χ0) is 12.5. The van der Waals surface area contributed by atoms with Crippen molar-refractivity contribution < 1.29 is 4.43 Å². The van der Waals surface area contributed by atoms with Crippen LogP contribution in [0.25, 0.3) is 0 Å². The molecule has 0 spiro atoms. The summed E-state index contributed by atoms with van der Waals surface area (Å²) in [5.74, 6) is 0. The van der Waals surface area contributed by atoms with Crippen molar-refractivity contribution in [3.8, 4) is 0 Å². The Morgan fingerprint density at radius 3 is 1.67 bits per heavy atom. The fourth-order valence-electron chi connectivity index (χ4n) is 0.428. The fourth-order valence-corrected chi connectivity index (χ4v) is 2.51. The summed E-state index contributed by atoms with van der Waals surface area (Å²) in [6.07, 6.45) is -3.34. The third-order valence-electron chi connectivity index (χ3n) is 1.18. The van der Waals surface area contributed by atoms with Crippen molar-refractivity contribution in [3.63, 3.8) is 0 Å². The summed E-state index contributed by atoms with van der Waals surface area (Å²) in [7, 11) is 0. The fraction of sp³-hybridized carbons (Fsp3) is 1.00. The SMILES string of the molecule is ClC(Cl)C(Cl)(Cl)C(Cl)(Cl)CO[Si](Cl)(Cl)Cl. The minimum Gasteiger partial charge on any atom is -0.378 e. The van der Waals surface area contributed by atoms with Crippen LogP contribution in [0.3, 0.4) is 0 Å². The summed E-state index contributed by atoms with van der Waals surface area (Å²) in [6, 6.07) is 0. The highest BCUT2D eigenvalue weighted by atomic mass is 35.8. The molecular formula is C4H3Cl9OSi. The topological polar surface area (TPSA) is 9.23 Å². The van der Waals surface area contributed by atoms with E-state index in [-0.39, 0.29) is 0 Å². The molecule has 0 atom stereocenters. The smallest absolute Gasteiger partial charge is 0.378 e. The minimum atomic E-state index is -3.34. The summed E-state index contributed by atoms with van der Waals surface area (Å²) in [5.41, 5.74) is 0. The Balaban J connectivity index is 4.55. The summed E-state index contributed by atoms with van der Waals surface area (Å²) < 4.78 is 1.15. The van der Waals surface area contributed by atoms with Crippen molar-refractivity contribution in [3.05, 3.63) is 0 Å². The minimum absolute atomic E-state index is 0.415. The van der Waals surface area contributed by atoms with E-state index in [1.165, 1.54) is 0 Å². The molecule has 1 nitrogen and oxygen atoms in total. The lowest BCUT2D eigenvalue weighted by atomic mass is 10.3. The van der Waals surface area contributed by atoms with Gasteiger partial charge >= 0.3 is 6.25 Å². The van der Waals surface area contributed by atoms with Crippen molar-refractivity contribution >= 4 is 109 Å². The highest BCUT2D eigenvalue weighted by Gasteiger charge is 2.53. The van der Waals surface area contributed by atoms with E-state index in [1.807, 2.05) is 0 Å². The van der Waals surface area contributed by atoms with E-state index in [9.17, 15) is 0 Å². The third kappa shape index (κ3) is 5.97. The maximum absolute atomic E-state index is 5.78.